The maximum atomic E-state index is 9.67. The van der Waals surface area contributed by atoms with E-state index >= 15 is 0 Å². The number of hydrogen-bond donors (Lipinski definition) is 1. The van der Waals surface area contributed by atoms with Gasteiger partial charge in [-0.15, -0.1) is 0 Å². The van der Waals surface area contributed by atoms with Crippen LogP contribution in [0.25, 0.3) is 0 Å². The smallest absolute Gasteiger partial charge is 0.0568 e. The molecule has 1 saturated heterocycles. The first-order valence-electron chi connectivity index (χ1n) is 5.55. The molecule has 0 amide bonds. The molecule has 2 heteroatoms. The third-order valence-corrected chi connectivity index (χ3v) is 3.95. The van der Waals surface area contributed by atoms with Gasteiger partial charge in [-0.3, -0.25) is 0 Å². The Labute approximate surface area is 80.3 Å². The fourth-order valence-electron chi connectivity index (χ4n) is 2.98. The van der Waals surface area contributed by atoms with Crippen molar-refractivity contribution in [1.29, 1.82) is 0 Å². The fourth-order valence-corrected chi connectivity index (χ4v) is 2.98. The van der Waals surface area contributed by atoms with Gasteiger partial charge in [0.25, 0.3) is 0 Å². The van der Waals surface area contributed by atoms with Gasteiger partial charge in [0.1, 0.15) is 0 Å². The summed E-state index contributed by atoms with van der Waals surface area (Å²) in [7, 11) is 0. The van der Waals surface area contributed by atoms with Crippen LogP contribution in [0, 0.1) is 17.8 Å². The summed E-state index contributed by atoms with van der Waals surface area (Å²) >= 11 is 0. The van der Waals surface area contributed by atoms with Gasteiger partial charge < -0.3 is 9.84 Å². The summed E-state index contributed by atoms with van der Waals surface area (Å²) in [6.45, 7) is 4.08. The van der Waals surface area contributed by atoms with Crippen molar-refractivity contribution < 1.29 is 9.84 Å². The third-order valence-electron chi connectivity index (χ3n) is 3.95. The molecule has 2 rings (SSSR count). The normalized spacial score (nSPS) is 42.5. The molecule has 0 aromatic carbocycles. The van der Waals surface area contributed by atoms with E-state index in [9.17, 15) is 5.11 Å². The molecule has 2 aliphatic rings. The van der Waals surface area contributed by atoms with Crippen LogP contribution in [0.3, 0.4) is 0 Å². The Hall–Kier alpha value is -0.0800. The minimum Gasteiger partial charge on any atom is -0.393 e. The van der Waals surface area contributed by atoms with Gasteiger partial charge in [0.05, 0.1) is 6.10 Å². The molecule has 0 radical (unpaired) electrons. The lowest BCUT2D eigenvalue weighted by Crippen LogP contribution is -2.27. The van der Waals surface area contributed by atoms with Crippen LogP contribution in [0.15, 0.2) is 0 Å². The van der Waals surface area contributed by atoms with Gasteiger partial charge in [0.2, 0.25) is 0 Å². The fraction of sp³-hybridized carbons (Fsp3) is 1.00. The number of ether oxygens (including phenoxy) is 1. The zero-order valence-corrected chi connectivity index (χ0v) is 8.41. The van der Waals surface area contributed by atoms with Crippen LogP contribution in [0.2, 0.25) is 0 Å². The highest BCUT2D eigenvalue weighted by molar-refractivity contribution is 4.86. The van der Waals surface area contributed by atoms with Crippen molar-refractivity contribution in [2.75, 3.05) is 13.2 Å². The summed E-state index contributed by atoms with van der Waals surface area (Å²) in [5, 5.41) is 9.67. The summed E-state index contributed by atoms with van der Waals surface area (Å²) in [5.74, 6) is 2.10. The van der Waals surface area contributed by atoms with Gasteiger partial charge in [0, 0.05) is 13.2 Å². The van der Waals surface area contributed by atoms with E-state index in [0.717, 1.165) is 31.5 Å². The van der Waals surface area contributed by atoms with E-state index in [2.05, 4.69) is 6.92 Å². The lowest BCUT2D eigenvalue weighted by Gasteiger charge is -2.30. The topological polar surface area (TPSA) is 29.5 Å². The van der Waals surface area contributed by atoms with Gasteiger partial charge in [-0.05, 0) is 43.4 Å². The number of aliphatic hydroxyl groups excluding tert-OH is 1. The lowest BCUT2D eigenvalue weighted by molar-refractivity contribution is 0.0308. The molecule has 1 aliphatic carbocycles. The summed E-state index contributed by atoms with van der Waals surface area (Å²) in [6.07, 6.45) is 4.63. The molecular weight excluding hydrogens is 164 g/mol. The second-order valence-electron chi connectivity index (χ2n) is 4.62. The second-order valence-corrected chi connectivity index (χ2v) is 4.62. The maximum Gasteiger partial charge on any atom is 0.0568 e. The molecule has 1 heterocycles. The Morgan fingerprint density at radius 1 is 1.08 bits per heavy atom. The highest BCUT2D eigenvalue weighted by atomic mass is 16.5. The van der Waals surface area contributed by atoms with Crippen LogP contribution in [0.1, 0.15) is 32.6 Å². The first-order valence-corrected chi connectivity index (χ1v) is 5.55. The van der Waals surface area contributed by atoms with Crippen molar-refractivity contribution in [3.63, 3.8) is 0 Å². The standard InChI is InChI=1S/C11H20O2/c1-8-10(2-3-11(8)12)9-4-6-13-7-5-9/h8-12H,2-7H2,1H3. The molecule has 0 aromatic rings. The molecule has 2 nitrogen and oxygen atoms in total. The molecule has 0 aromatic heterocycles. The SMILES string of the molecule is CC1C(O)CCC1C1CCOCC1. The zero-order chi connectivity index (χ0) is 9.26. The lowest BCUT2D eigenvalue weighted by atomic mass is 9.80. The molecule has 1 aliphatic heterocycles. The highest BCUT2D eigenvalue weighted by Crippen LogP contribution is 2.40. The summed E-state index contributed by atoms with van der Waals surface area (Å²) < 4.78 is 5.36. The molecule has 1 N–H and O–H groups in total. The predicted molar refractivity (Wildman–Crippen MR) is 51.4 cm³/mol. The van der Waals surface area contributed by atoms with Crippen LogP contribution in [0.4, 0.5) is 0 Å². The number of aliphatic hydroxyl groups is 1. The molecule has 2 fully saturated rings. The van der Waals surface area contributed by atoms with Crippen molar-refractivity contribution in [1.82, 2.24) is 0 Å². The first-order chi connectivity index (χ1) is 6.29. The van der Waals surface area contributed by atoms with Crippen molar-refractivity contribution >= 4 is 0 Å². The van der Waals surface area contributed by atoms with Crippen molar-refractivity contribution in [2.24, 2.45) is 17.8 Å². The van der Waals surface area contributed by atoms with Crippen molar-refractivity contribution in [3.05, 3.63) is 0 Å². The monoisotopic (exact) mass is 184 g/mol. The average Bonchev–Trinajstić information content (AvgIpc) is 2.49. The van der Waals surface area contributed by atoms with Crippen LogP contribution in [0.5, 0.6) is 0 Å². The molecule has 1 saturated carbocycles. The van der Waals surface area contributed by atoms with Gasteiger partial charge >= 0.3 is 0 Å². The van der Waals surface area contributed by atoms with E-state index in [4.69, 9.17) is 4.74 Å². The van der Waals surface area contributed by atoms with Gasteiger partial charge in [0.15, 0.2) is 0 Å². The van der Waals surface area contributed by atoms with Crippen LogP contribution >= 0.6 is 0 Å². The van der Waals surface area contributed by atoms with Crippen molar-refractivity contribution in [3.8, 4) is 0 Å². The Balaban J connectivity index is 1.92. The van der Waals surface area contributed by atoms with Crippen molar-refractivity contribution in [2.45, 2.75) is 38.7 Å². The Morgan fingerprint density at radius 3 is 2.31 bits per heavy atom. The van der Waals surface area contributed by atoms with Gasteiger partial charge in [-0.2, -0.15) is 0 Å². The molecule has 0 spiro atoms. The first kappa shape index (κ1) is 9.47. The van der Waals surface area contributed by atoms with E-state index in [0.29, 0.717) is 5.92 Å². The minimum absolute atomic E-state index is 0.0344. The van der Waals surface area contributed by atoms with E-state index < -0.39 is 0 Å². The Bertz CT molecular complexity index is 163. The number of rotatable bonds is 1. The van der Waals surface area contributed by atoms with Crippen LogP contribution in [-0.2, 0) is 4.74 Å². The quantitative estimate of drug-likeness (QED) is 0.673. The largest absolute Gasteiger partial charge is 0.393 e. The summed E-state index contributed by atoms with van der Waals surface area (Å²) in [4.78, 5) is 0. The second kappa shape index (κ2) is 3.97. The molecule has 76 valence electrons. The van der Waals surface area contributed by atoms with E-state index in [1.165, 1.54) is 19.3 Å². The predicted octanol–water partition coefficient (Wildman–Crippen LogP) is 1.82. The average molecular weight is 184 g/mol. The third kappa shape index (κ3) is 1.89. The summed E-state index contributed by atoms with van der Waals surface area (Å²) in [6, 6.07) is 0. The van der Waals surface area contributed by atoms with Gasteiger partial charge in [-0.1, -0.05) is 6.92 Å². The van der Waals surface area contributed by atoms with E-state index in [1.54, 1.807) is 0 Å². The minimum atomic E-state index is -0.0344. The summed E-state index contributed by atoms with van der Waals surface area (Å²) in [5.41, 5.74) is 0. The molecule has 3 atom stereocenters. The molecular formula is C11H20O2. The molecule has 0 bridgehead atoms. The Morgan fingerprint density at radius 2 is 1.77 bits per heavy atom. The molecule has 13 heavy (non-hydrogen) atoms. The van der Waals surface area contributed by atoms with Crippen LogP contribution in [-0.4, -0.2) is 24.4 Å². The Kier molecular flexibility index (Phi) is 2.89. The maximum absolute atomic E-state index is 9.67. The number of hydrogen-bond acceptors (Lipinski definition) is 2. The zero-order valence-electron chi connectivity index (χ0n) is 8.41. The van der Waals surface area contributed by atoms with Crippen LogP contribution < -0.4 is 0 Å². The van der Waals surface area contributed by atoms with E-state index in [-0.39, 0.29) is 6.10 Å². The highest BCUT2D eigenvalue weighted by Gasteiger charge is 2.36. The molecule has 3 unspecified atom stereocenters. The van der Waals surface area contributed by atoms with Gasteiger partial charge in [-0.25, -0.2) is 0 Å². The van der Waals surface area contributed by atoms with E-state index in [1.807, 2.05) is 0 Å².